The van der Waals surface area contributed by atoms with E-state index in [-0.39, 0.29) is 0 Å². The lowest BCUT2D eigenvalue weighted by molar-refractivity contribution is 0.377. The van der Waals surface area contributed by atoms with Gasteiger partial charge in [-0.1, -0.05) is 0 Å². The van der Waals surface area contributed by atoms with Crippen LogP contribution in [-0.4, -0.2) is 28.4 Å². The highest BCUT2D eigenvalue weighted by molar-refractivity contribution is 7.19. The smallest absolute Gasteiger partial charge is 0.134 e. The molecule has 5 heteroatoms. The first-order valence-electron chi connectivity index (χ1n) is 5.81. The molecule has 0 saturated carbocycles. The van der Waals surface area contributed by atoms with E-state index in [1.807, 2.05) is 31.3 Å². The van der Waals surface area contributed by atoms with Crippen LogP contribution in [0, 0.1) is 0 Å². The maximum Gasteiger partial charge on any atom is 0.134 e. The van der Waals surface area contributed by atoms with Gasteiger partial charge in [0.15, 0.2) is 0 Å². The Balaban J connectivity index is 2.59. The molecule has 1 aromatic heterocycles. The second-order valence-electron chi connectivity index (χ2n) is 3.82. The van der Waals surface area contributed by atoms with Crippen LogP contribution < -0.4 is 19.5 Å². The summed E-state index contributed by atoms with van der Waals surface area (Å²) in [7, 11) is 6.81. The molecule has 0 aliphatic rings. The van der Waals surface area contributed by atoms with Crippen molar-refractivity contribution in [3.63, 3.8) is 0 Å². The van der Waals surface area contributed by atoms with Crippen molar-refractivity contribution in [2.75, 3.05) is 33.7 Å². The van der Waals surface area contributed by atoms with E-state index in [0.29, 0.717) is 5.75 Å². The quantitative estimate of drug-likeness (QED) is 0.909. The standard InChI is InChI=1S/C14H17NO3S/c1-15-13-6-5-12(19-13)14-10(17-3)7-9(16-2)8-11(14)18-4/h5-8,15H,1-4H3. The van der Waals surface area contributed by atoms with Crippen LogP contribution in [0.4, 0.5) is 5.00 Å². The number of anilines is 1. The maximum absolute atomic E-state index is 5.45. The van der Waals surface area contributed by atoms with Gasteiger partial charge in [0.25, 0.3) is 0 Å². The average molecular weight is 279 g/mol. The minimum Gasteiger partial charge on any atom is -0.496 e. The van der Waals surface area contributed by atoms with Gasteiger partial charge in [-0.05, 0) is 12.1 Å². The predicted molar refractivity (Wildman–Crippen MR) is 79.0 cm³/mol. The lowest BCUT2D eigenvalue weighted by Crippen LogP contribution is -1.94. The second kappa shape index (κ2) is 5.84. The van der Waals surface area contributed by atoms with Crippen LogP contribution in [0.1, 0.15) is 0 Å². The van der Waals surface area contributed by atoms with Gasteiger partial charge in [0.2, 0.25) is 0 Å². The molecule has 0 spiro atoms. The van der Waals surface area contributed by atoms with Gasteiger partial charge < -0.3 is 19.5 Å². The van der Waals surface area contributed by atoms with E-state index in [9.17, 15) is 0 Å². The summed E-state index contributed by atoms with van der Waals surface area (Å²) < 4.78 is 16.2. The van der Waals surface area contributed by atoms with Crippen molar-refractivity contribution < 1.29 is 14.2 Å². The zero-order valence-electron chi connectivity index (χ0n) is 11.4. The molecule has 0 saturated heterocycles. The number of hydrogen-bond donors (Lipinski definition) is 1. The molecule has 2 aromatic rings. The van der Waals surface area contributed by atoms with E-state index in [1.54, 1.807) is 32.7 Å². The molecule has 102 valence electrons. The predicted octanol–water partition coefficient (Wildman–Crippen LogP) is 3.48. The third kappa shape index (κ3) is 2.61. The number of methoxy groups -OCH3 is 3. The first kappa shape index (κ1) is 13.5. The first-order valence-corrected chi connectivity index (χ1v) is 6.63. The largest absolute Gasteiger partial charge is 0.496 e. The molecule has 4 nitrogen and oxygen atoms in total. The number of ether oxygens (including phenoxy) is 3. The molecule has 0 bridgehead atoms. The molecule has 1 heterocycles. The summed E-state index contributed by atoms with van der Waals surface area (Å²) in [4.78, 5) is 1.08. The fraction of sp³-hybridized carbons (Fsp3) is 0.286. The molecular weight excluding hydrogens is 262 g/mol. The normalized spacial score (nSPS) is 10.1. The van der Waals surface area contributed by atoms with E-state index >= 15 is 0 Å². The van der Waals surface area contributed by atoms with Crippen LogP contribution in [0.15, 0.2) is 24.3 Å². The summed E-state index contributed by atoms with van der Waals surface area (Å²) in [5.74, 6) is 2.18. The van der Waals surface area contributed by atoms with Crippen LogP contribution in [-0.2, 0) is 0 Å². The lowest BCUT2D eigenvalue weighted by atomic mass is 10.1. The highest BCUT2D eigenvalue weighted by atomic mass is 32.1. The minimum atomic E-state index is 0.711. The van der Waals surface area contributed by atoms with Gasteiger partial charge in [-0.3, -0.25) is 0 Å². The van der Waals surface area contributed by atoms with E-state index in [0.717, 1.165) is 26.9 Å². The van der Waals surface area contributed by atoms with Gasteiger partial charge >= 0.3 is 0 Å². The van der Waals surface area contributed by atoms with Crippen molar-refractivity contribution in [1.82, 2.24) is 0 Å². The molecular formula is C14H17NO3S. The van der Waals surface area contributed by atoms with Crippen molar-refractivity contribution in [1.29, 1.82) is 0 Å². The van der Waals surface area contributed by atoms with E-state index in [1.165, 1.54) is 0 Å². The highest BCUT2D eigenvalue weighted by Crippen LogP contribution is 2.45. The molecule has 0 atom stereocenters. The van der Waals surface area contributed by atoms with Crippen LogP contribution >= 0.6 is 11.3 Å². The number of nitrogens with one attached hydrogen (secondary N) is 1. The summed E-state index contributed by atoms with van der Waals surface area (Å²) in [6.45, 7) is 0. The molecule has 0 radical (unpaired) electrons. The average Bonchev–Trinajstić information content (AvgIpc) is 2.94. The molecule has 19 heavy (non-hydrogen) atoms. The molecule has 2 rings (SSSR count). The molecule has 0 unspecified atom stereocenters. The van der Waals surface area contributed by atoms with Gasteiger partial charge in [0, 0.05) is 24.1 Å². The van der Waals surface area contributed by atoms with Gasteiger partial charge in [-0.2, -0.15) is 0 Å². The highest BCUT2D eigenvalue weighted by Gasteiger charge is 2.16. The van der Waals surface area contributed by atoms with E-state index in [4.69, 9.17) is 14.2 Å². The third-order valence-corrected chi connectivity index (χ3v) is 3.93. The zero-order chi connectivity index (χ0) is 13.8. The summed E-state index contributed by atoms with van der Waals surface area (Å²) >= 11 is 1.65. The van der Waals surface area contributed by atoms with Crippen LogP contribution in [0.5, 0.6) is 17.2 Å². The van der Waals surface area contributed by atoms with Gasteiger partial charge in [-0.15, -0.1) is 11.3 Å². The Bertz CT molecular complexity index is 541. The fourth-order valence-corrected chi connectivity index (χ4v) is 2.77. The summed E-state index contributed by atoms with van der Waals surface area (Å²) in [5, 5.41) is 4.22. The topological polar surface area (TPSA) is 39.7 Å². The molecule has 0 amide bonds. The summed E-state index contributed by atoms with van der Waals surface area (Å²) in [6, 6.07) is 7.79. The molecule has 1 N–H and O–H groups in total. The number of thiophene rings is 1. The van der Waals surface area contributed by atoms with E-state index < -0.39 is 0 Å². The molecule has 0 fully saturated rings. The van der Waals surface area contributed by atoms with Crippen molar-refractivity contribution in [3.8, 4) is 27.7 Å². The second-order valence-corrected chi connectivity index (χ2v) is 4.90. The van der Waals surface area contributed by atoms with Gasteiger partial charge in [0.1, 0.15) is 17.2 Å². The minimum absolute atomic E-state index is 0.711. The van der Waals surface area contributed by atoms with Crippen LogP contribution in [0.2, 0.25) is 0 Å². The van der Waals surface area contributed by atoms with Gasteiger partial charge in [0.05, 0.1) is 31.9 Å². The summed E-state index contributed by atoms with van der Waals surface area (Å²) in [5.41, 5.74) is 0.942. The number of rotatable bonds is 5. The Kier molecular flexibility index (Phi) is 4.16. The number of hydrogen-bond acceptors (Lipinski definition) is 5. The van der Waals surface area contributed by atoms with Crippen molar-refractivity contribution in [3.05, 3.63) is 24.3 Å². The Morgan fingerprint density at radius 1 is 0.947 bits per heavy atom. The Labute approximate surface area is 116 Å². The van der Waals surface area contributed by atoms with Crippen LogP contribution in [0.3, 0.4) is 0 Å². The van der Waals surface area contributed by atoms with Crippen LogP contribution in [0.25, 0.3) is 10.4 Å². The lowest BCUT2D eigenvalue weighted by Gasteiger charge is -2.13. The first-order chi connectivity index (χ1) is 9.23. The fourth-order valence-electron chi connectivity index (χ4n) is 1.86. The monoisotopic (exact) mass is 279 g/mol. The Morgan fingerprint density at radius 3 is 2.00 bits per heavy atom. The van der Waals surface area contributed by atoms with Crippen molar-refractivity contribution in [2.24, 2.45) is 0 Å². The molecule has 0 aliphatic carbocycles. The van der Waals surface area contributed by atoms with Crippen molar-refractivity contribution in [2.45, 2.75) is 0 Å². The van der Waals surface area contributed by atoms with Gasteiger partial charge in [-0.25, -0.2) is 0 Å². The van der Waals surface area contributed by atoms with E-state index in [2.05, 4.69) is 5.32 Å². The zero-order valence-corrected chi connectivity index (χ0v) is 12.3. The SMILES string of the molecule is CNc1ccc(-c2c(OC)cc(OC)cc2OC)s1. The Morgan fingerprint density at radius 2 is 1.58 bits per heavy atom. The Hall–Kier alpha value is -1.88. The summed E-state index contributed by atoms with van der Waals surface area (Å²) in [6.07, 6.45) is 0. The number of benzene rings is 1. The molecule has 1 aromatic carbocycles. The maximum atomic E-state index is 5.45. The third-order valence-electron chi connectivity index (χ3n) is 2.81. The van der Waals surface area contributed by atoms with Crippen molar-refractivity contribution >= 4 is 16.3 Å². The molecule has 0 aliphatic heterocycles.